The zero-order chi connectivity index (χ0) is 16.3. The molecule has 22 heavy (non-hydrogen) atoms. The molecule has 6 heteroatoms. The van der Waals surface area contributed by atoms with Gasteiger partial charge in [-0.15, -0.1) is 0 Å². The molecule has 0 bridgehead atoms. The fourth-order valence-electron chi connectivity index (χ4n) is 2.38. The van der Waals surface area contributed by atoms with Gasteiger partial charge in [0, 0.05) is 25.6 Å². The van der Waals surface area contributed by atoms with Gasteiger partial charge in [0.1, 0.15) is 6.04 Å². The third kappa shape index (κ3) is 3.25. The minimum absolute atomic E-state index is 0.240. The highest BCUT2D eigenvalue weighted by atomic mass is 35.5. The molecule has 0 saturated carbocycles. The van der Waals surface area contributed by atoms with E-state index in [1.165, 1.54) is 7.05 Å². The number of halogens is 1. The monoisotopic (exact) mass is 321 g/mol. The number of rotatable bonds is 6. The van der Waals surface area contributed by atoms with Gasteiger partial charge in [0.2, 0.25) is 0 Å². The lowest BCUT2D eigenvalue weighted by molar-refractivity contribution is -0.126. The Bertz CT molecular complexity index is 615. The summed E-state index contributed by atoms with van der Waals surface area (Å²) in [6.45, 7) is 6.93. The minimum Gasteiger partial charge on any atom is -0.383 e. The quantitative estimate of drug-likeness (QED) is 0.791. The van der Waals surface area contributed by atoms with Crippen LogP contribution in [-0.4, -0.2) is 36.5 Å². The summed E-state index contributed by atoms with van der Waals surface area (Å²) < 4.78 is 0. The number of hydrogen-bond acceptors (Lipinski definition) is 3. The van der Waals surface area contributed by atoms with Crippen LogP contribution < -0.4 is 10.6 Å². The van der Waals surface area contributed by atoms with Crippen LogP contribution in [0.4, 0.5) is 10.5 Å². The lowest BCUT2D eigenvalue weighted by atomic mass is 9.98. The number of hydrogen-bond donors (Lipinski definition) is 2. The third-order valence-corrected chi connectivity index (χ3v) is 3.94. The molecule has 1 heterocycles. The number of benzene rings is 1. The summed E-state index contributed by atoms with van der Waals surface area (Å²) in [6, 6.07) is 4.63. The average molecular weight is 322 g/mol. The van der Waals surface area contributed by atoms with E-state index in [0.717, 1.165) is 34.7 Å². The predicted molar refractivity (Wildman–Crippen MR) is 89.0 cm³/mol. The van der Waals surface area contributed by atoms with E-state index in [-0.39, 0.29) is 11.9 Å². The number of nitrogens with zero attached hydrogens (tertiary/aromatic N) is 1. The number of likely N-dealkylation sites (N-methyl/N-ethyl adjacent to an activating group) is 1. The summed E-state index contributed by atoms with van der Waals surface area (Å²) in [5.74, 6) is -0.240. The van der Waals surface area contributed by atoms with Gasteiger partial charge in [-0.2, -0.15) is 0 Å². The van der Waals surface area contributed by atoms with Crippen molar-refractivity contribution < 1.29 is 9.59 Å². The molecule has 118 valence electrons. The Hall–Kier alpha value is -2.01. The first kappa shape index (κ1) is 16.4. The molecule has 1 unspecified atom stereocenters. The number of urea groups is 1. The van der Waals surface area contributed by atoms with E-state index in [1.807, 2.05) is 18.2 Å². The molecule has 0 spiro atoms. The Balaban J connectivity index is 2.18. The van der Waals surface area contributed by atoms with Gasteiger partial charge in [-0.1, -0.05) is 37.2 Å². The number of amides is 3. The van der Waals surface area contributed by atoms with E-state index >= 15 is 0 Å². The molecule has 0 aliphatic carbocycles. The second kappa shape index (κ2) is 6.83. The highest BCUT2D eigenvalue weighted by Gasteiger charge is 2.35. The third-order valence-electron chi connectivity index (χ3n) is 3.63. The molecule has 5 nitrogen and oxygen atoms in total. The van der Waals surface area contributed by atoms with Crippen LogP contribution in [0, 0.1) is 0 Å². The molecule has 1 fully saturated rings. The smallest absolute Gasteiger partial charge is 0.324 e. The van der Waals surface area contributed by atoms with Gasteiger partial charge in [-0.3, -0.25) is 9.69 Å². The van der Waals surface area contributed by atoms with Gasteiger partial charge in [0.25, 0.3) is 5.91 Å². The summed E-state index contributed by atoms with van der Waals surface area (Å²) in [7, 11) is 1.47. The first-order valence-corrected chi connectivity index (χ1v) is 7.62. The van der Waals surface area contributed by atoms with Crippen LogP contribution in [0.2, 0.25) is 5.02 Å². The van der Waals surface area contributed by atoms with Crippen molar-refractivity contribution in [3.8, 4) is 0 Å². The number of anilines is 1. The van der Waals surface area contributed by atoms with E-state index in [1.54, 1.807) is 0 Å². The van der Waals surface area contributed by atoms with Crippen molar-refractivity contribution in [3.63, 3.8) is 0 Å². The van der Waals surface area contributed by atoms with E-state index in [4.69, 9.17) is 11.6 Å². The molecular weight excluding hydrogens is 302 g/mol. The SMILES string of the molecule is C=C(CC1NC(=O)N(C)C1=O)c1cccc(Cl)c1NCCC. The van der Waals surface area contributed by atoms with Crippen molar-refractivity contribution in [2.45, 2.75) is 25.8 Å². The molecule has 2 N–H and O–H groups in total. The Kier molecular flexibility index (Phi) is 5.08. The molecule has 1 saturated heterocycles. The summed E-state index contributed by atoms with van der Waals surface area (Å²) >= 11 is 6.25. The maximum Gasteiger partial charge on any atom is 0.324 e. The normalized spacial score (nSPS) is 17.6. The van der Waals surface area contributed by atoms with E-state index in [9.17, 15) is 9.59 Å². The molecule has 3 amide bonds. The molecule has 1 aliphatic rings. The summed E-state index contributed by atoms with van der Waals surface area (Å²) in [5, 5.41) is 6.56. The van der Waals surface area contributed by atoms with Gasteiger partial charge >= 0.3 is 6.03 Å². The maximum absolute atomic E-state index is 12.0. The summed E-state index contributed by atoms with van der Waals surface area (Å²) in [5.41, 5.74) is 2.45. The van der Waals surface area contributed by atoms with Crippen LogP contribution >= 0.6 is 11.6 Å². The van der Waals surface area contributed by atoms with E-state index in [2.05, 4.69) is 24.1 Å². The highest BCUT2D eigenvalue weighted by Crippen LogP contribution is 2.32. The van der Waals surface area contributed by atoms with Gasteiger partial charge in [0.15, 0.2) is 0 Å². The first-order valence-electron chi connectivity index (χ1n) is 7.24. The molecular formula is C16H20ClN3O2. The van der Waals surface area contributed by atoms with Crippen molar-refractivity contribution in [1.82, 2.24) is 10.2 Å². The lowest BCUT2D eigenvalue weighted by Gasteiger charge is -2.17. The van der Waals surface area contributed by atoms with Crippen LogP contribution in [0.3, 0.4) is 0 Å². The number of imide groups is 1. The van der Waals surface area contributed by atoms with Gasteiger partial charge in [0.05, 0.1) is 10.7 Å². The number of carbonyl (C=O) groups excluding carboxylic acids is 2. The fraction of sp³-hybridized carbons (Fsp3) is 0.375. The van der Waals surface area contributed by atoms with Crippen LogP contribution in [0.1, 0.15) is 25.3 Å². The van der Waals surface area contributed by atoms with Gasteiger partial charge in [-0.25, -0.2) is 4.79 Å². The second-order valence-electron chi connectivity index (χ2n) is 5.30. The average Bonchev–Trinajstić information content (AvgIpc) is 2.73. The van der Waals surface area contributed by atoms with E-state index in [0.29, 0.717) is 11.4 Å². The van der Waals surface area contributed by atoms with Crippen molar-refractivity contribution in [2.24, 2.45) is 0 Å². The lowest BCUT2D eigenvalue weighted by Crippen LogP contribution is -2.29. The Morgan fingerprint density at radius 2 is 2.18 bits per heavy atom. The summed E-state index contributed by atoms with van der Waals surface area (Å²) in [6.07, 6.45) is 1.33. The van der Waals surface area contributed by atoms with Crippen LogP contribution in [0.25, 0.3) is 5.57 Å². The van der Waals surface area contributed by atoms with Crippen molar-refractivity contribution in [3.05, 3.63) is 35.4 Å². The van der Waals surface area contributed by atoms with Crippen LogP contribution in [-0.2, 0) is 4.79 Å². The molecule has 0 aromatic heterocycles. The number of para-hydroxylation sites is 1. The summed E-state index contributed by atoms with van der Waals surface area (Å²) in [4.78, 5) is 24.6. The van der Waals surface area contributed by atoms with Crippen molar-refractivity contribution in [2.75, 3.05) is 18.9 Å². The second-order valence-corrected chi connectivity index (χ2v) is 5.70. The standard InChI is InChI=1S/C16H20ClN3O2/c1-4-8-18-14-11(6-5-7-12(14)17)10(2)9-13-15(21)20(3)16(22)19-13/h5-7,13,18H,2,4,8-9H2,1,3H3,(H,19,22). The van der Waals surface area contributed by atoms with Crippen molar-refractivity contribution in [1.29, 1.82) is 0 Å². The molecule has 1 aromatic rings. The molecule has 2 rings (SSSR count). The van der Waals surface area contributed by atoms with Crippen LogP contribution in [0.5, 0.6) is 0 Å². The largest absolute Gasteiger partial charge is 0.383 e. The zero-order valence-electron chi connectivity index (χ0n) is 12.8. The first-order chi connectivity index (χ1) is 10.5. The molecule has 0 radical (unpaired) electrons. The Morgan fingerprint density at radius 3 is 2.77 bits per heavy atom. The highest BCUT2D eigenvalue weighted by molar-refractivity contribution is 6.33. The zero-order valence-corrected chi connectivity index (χ0v) is 13.5. The van der Waals surface area contributed by atoms with Crippen LogP contribution in [0.15, 0.2) is 24.8 Å². The molecule has 1 aliphatic heterocycles. The Labute approximate surface area is 135 Å². The topological polar surface area (TPSA) is 61.4 Å². The molecule has 1 atom stereocenters. The minimum atomic E-state index is -0.567. The van der Waals surface area contributed by atoms with Gasteiger partial charge < -0.3 is 10.6 Å². The molecule has 1 aromatic carbocycles. The maximum atomic E-state index is 12.0. The van der Waals surface area contributed by atoms with Crippen molar-refractivity contribution >= 4 is 34.8 Å². The van der Waals surface area contributed by atoms with Gasteiger partial charge in [-0.05, 0) is 18.1 Å². The van der Waals surface area contributed by atoms with E-state index < -0.39 is 6.04 Å². The predicted octanol–water partition coefficient (Wildman–Crippen LogP) is 3.12. The fourth-order valence-corrected chi connectivity index (χ4v) is 2.63. The Morgan fingerprint density at radius 1 is 1.45 bits per heavy atom. The number of carbonyl (C=O) groups is 2. The number of nitrogens with one attached hydrogen (secondary N) is 2.